The lowest BCUT2D eigenvalue weighted by Gasteiger charge is -2.20. The minimum atomic E-state index is -4.44. The summed E-state index contributed by atoms with van der Waals surface area (Å²) < 4.78 is 44.2. The highest BCUT2D eigenvalue weighted by atomic mass is 32.1. The number of fused-ring (bicyclic) bond motifs is 2. The first-order valence-electron chi connectivity index (χ1n) is 13.2. The average molecular weight is 561 g/mol. The maximum atomic E-state index is 13.8. The molecule has 0 bridgehead atoms. The predicted molar refractivity (Wildman–Crippen MR) is 162 cm³/mol. The van der Waals surface area contributed by atoms with E-state index in [0.717, 1.165) is 55.3 Å². The number of aromatic nitrogens is 2. The second-order valence-corrected chi connectivity index (χ2v) is 11.0. The summed E-state index contributed by atoms with van der Waals surface area (Å²) in [4.78, 5) is 5.05. The van der Waals surface area contributed by atoms with Gasteiger partial charge in [-0.3, -0.25) is 4.57 Å². The van der Waals surface area contributed by atoms with Crippen molar-refractivity contribution in [3.63, 3.8) is 0 Å². The van der Waals surface area contributed by atoms with Gasteiger partial charge in [0, 0.05) is 32.2 Å². The Hall–Kier alpha value is -4.68. The molecule has 0 saturated carbocycles. The molecule has 0 saturated heterocycles. The van der Waals surface area contributed by atoms with Crippen LogP contribution in [0, 0.1) is 6.92 Å². The molecule has 0 aliphatic heterocycles. The Bertz CT molecular complexity index is 1980. The van der Waals surface area contributed by atoms with Gasteiger partial charge in [0.2, 0.25) is 0 Å². The van der Waals surface area contributed by atoms with E-state index in [2.05, 4.69) is 47.9 Å². The van der Waals surface area contributed by atoms with Crippen LogP contribution in [0.2, 0.25) is 0 Å². The van der Waals surface area contributed by atoms with Gasteiger partial charge in [-0.2, -0.15) is 13.2 Å². The molecule has 0 atom stereocenters. The smallest absolute Gasteiger partial charge is 0.291 e. The molecule has 2 nitrogen and oxygen atoms in total. The molecular weight excluding hydrogens is 537 g/mol. The summed E-state index contributed by atoms with van der Waals surface area (Å²) in [6, 6.07) is 36.5. The molecule has 2 heterocycles. The van der Waals surface area contributed by atoms with E-state index in [1.807, 2.05) is 66.0 Å². The fourth-order valence-corrected chi connectivity index (χ4v) is 6.43. The molecule has 2 aromatic heterocycles. The second kappa shape index (κ2) is 9.75. The van der Waals surface area contributed by atoms with Gasteiger partial charge in [0.05, 0.1) is 22.3 Å². The SMILES string of the molecule is Cc1cc(-c2ccccc2)c(-n2c(-c3csc4ccc(C(F)(F)F)cc34)nc3ccccc32)c(-c2ccccc2)c1. The Morgan fingerprint density at radius 3 is 1.93 bits per heavy atom. The Morgan fingerprint density at radius 2 is 1.29 bits per heavy atom. The van der Waals surface area contributed by atoms with Crippen molar-refractivity contribution < 1.29 is 13.2 Å². The molecule has 41 heavy (non-hydrogen) atoms. The van der Waals surface area contributed by atoms with Gasteiger partial charge in [-0.15, -0.1) is 11.3 Å². The highest BCUT2D eigenvalue weighted by Crippen LogP contribution is 2.44. The number of benzene rings is 5. The van der Waals surface area contributed by atoms with E-state index in [0.29, 0.717) is 16.8 Å². The molecule has 0 unspecified atom stereocenters. The Labute approximate surface area is 239 Å². The molecule has 0 radical (unpaired) electrons. The molecule has 0 amide bonds. The van der Waals surface area contributed by atoms with E-state index >= 15 is 0 Å². The van der Waals surface area contributed by atoms with Crippen molar-refractivity contribution in [1.82, 2.24) is 9.55 Å². The summed E-state index contributed by atoms with van der Waals surface area (Å²) in [6.07, 6.45) is -4.44. The van der Waals surface area contributed by atoms with Crippen molar-refractivity contribution in [2.24, 2.45) is 0 Å². The van der Waals surface area contributed by atoms with Gasteiger partial charge in [-0.1, -0.05) is 72.8 Å². The third-order valence-corrected chi connectivity index (χ3v) is 8.31. The summed E-state index contributed by atoms with van der Waals surface area (Å²) in [5.41, 5.74) is 7.82. The highest BCUT2D eigenvalue weighted by Gasteiger charge is 2.31. The van der Waals surface area contributed by atoms with E-state index in [1.54, 1.807) is 6.07 Å². The summed E-state index contributed by atoms with van der Waals surface area (Å²) in [7, 11) is 0. The van der Waals surface area contributed by atoms with Crippen LogP contribution in [0.5, 0.6) is 0 Å². The number of imidazole rings is 1. The largest absolute Gasteiger partial charge is 0.416 e. The zero-order valence-electron chi connectivity index (χ0n) is 22.0. The van der Waals surface area contributed by atoms with Crippen molar-refractivity contribution in [1.29, 1.82) is 0 Å². The van der Waals surface area contributed by atoms with Crippen LogP contribution in [-0.2, 0) is 6.18 Å². The number of nitrogens with zero attached hydrogens (tertiary/aromatic N) is 2. The Balaban J connectivity index is 1.62. The molecule has 0 spiro atoms. The van der Waals surface area contributed by atoms with Gasteiger partial charge >= 0.3 is 6.18 Å². The average Bonchev–Trinajstić information content (AvgIpc) is 3.58. The lowest BCUT2D eigenvalue weighted by molar-refractivity contribution is -0.137. The van der Waals surface area contributed by atoms with Crippen LogP contribution in [0.1, 0.15) is 11.1 Å². The van der Waals surface area contributed by atoms with Crippen molar-refractivity contribution in [3.8, 4) is 39.3 Å². The van der Waals surface area contributed by atoms with Crippen LogP contribution in [0.25, 0.3) is 60.4 Å². The van der Waals surface area contributed by atoms with Crippen LogP contribution in [0.4, 0.5) is 13.2 Å². The lowest BCUT2D eigenvalue weighted by atomic mass is 9.93. The molecule has 0 N–H and O–H groups in total. The summed E-state index contributed by atoms with van der Waals surface area (Å²) in [5, 5.41) is 2.46. The molecule has 5 aromatic carbocycles. The number of aryl methyl sites for hydroxylation is 1. The van der Waals surface area contributed by atoms with Gasteiger partial charge in [0.15, 0.2) is 0 Å². The summed E-state index contributed by atoms with van der Waals surface area (Å²) in [5.74, 6) is 0.606. The summed E-state index contributed by atoms with van der Waals surface area (Å²) in [6.45, 7) is 2.08. The topological polar surface area (TPSA) is 17.8 Å². The van der Waals surface area contributed by atoms with Gasteiger partial charge in [0.25, 0.3) is 0 Å². The third-order valence-electron chi connectivity index (χ3n) is 7.35. The van der Waals surface area contributed by atoms with Gasteiger partial charge in [0.1, 0.15) is 5.82 Å². The van der Waals surface area contributed by atoms with E-state index in [9.17, 15) is 13.2 Å². The predicted octanol–water partition coefficient (Wildman–Crippen LogP) is 10.6. The van der Waals surface area contributed by atoms with E-state index < -0.39 is 11.7 Å². The van der Waals surface area contributed by atoms with E-state index in [4.69, 9.17) is 4.98 Å². The van der Waals surface area contributed by atoms with Gasteiger partial charge in [-0.25, -0.2) is 4.98 Å². The Morgan fingerprint density at radius 1 is 0.683 bits per heavy atom. The van der Waals surface area contributed by atoms with Crippen LogP contribution < -0.4 is 0 Å². The van der Waals surface area contributed by atoms with Crippen LogP contribution >= 0.6 is 11.3 Å². The number of hydrogen-bond acceptors (Lipinski definition) is 2. The fourth-order valence-electron chi connectivity index (χ4n) is 5.51. The number of thiophene rings is 1. The number of hydrogen-bond donors (Lipinski definition) is 0. The standard InChI is InChI=1S/C35H23F3N2S/c1-22-18-26(23-10-4-2-5-11-23)33(27(19-22)24-12-6-3-7-13-24)40-31-15-9-8-14-30(31)39-34(40)29-21-41-32-17-16-25(20-28(29)32)35(36,37)38/h2-21H,1H3. The minimum absolute atomic E-state index is 0.538. The number of alkyl halides is 3. The first-order chi connectivity index (χ1) is 19.9. The number of halogens is 3. The quantitative estimate of drug-likeness (QED) is 0.209. The molecule has 200 valence electrons. The zero-order valence-corrected chi connectivity index (χ0v) is 22.8. The second-order valence-electron chi connectivity index (χ2n) is 10.1. The van der Waals surface area contributed by atoms with Gasteiger partial charge < -0.3 is 0 Å². The van der Waals surface area contributed by atoms with Gasteiger partial charge in [-0.05, 0) is 66.1 Å². The Kier molecular flexibility index (Phi) is 6.02. The fraction of sp³-hybridized carbons (Fsp3) is 0.0571. The molecule has 7 rings (SSSR count). The first kappa shape index (κ1) is 25.3. The van der Waals surface area contributed by atoms with Crippen LogP contribution in [0.15, 0.2) is 121 Å². The molecule has 7 aromatic rings. The van der Waals surface area contributed by atoms with Crippen LogP contribution in [-0.4, -0.2) is 9.55 Å². The number of para-hydroxylation sites is 2. The minimum Gasteiger partial charge on any atom is -0.291 e. The third kappa shape index (κ3) is 4.41. The maximum Gasteiger partial charge on any atom is 0.416 e. The van der Waals surface area contributed by atoms with Crippen molar-refractivity contribution in [2.75, 3.05) is 0 Å². The van der Waals surface area contributed by atoms with E-state index in [-0.39, 0.29) is 0 Å². The van der Waals surface area contributed by atoms with Crippen molar-refractivity contribution >= 4 is 32.5 Å². The number of rotatable bonds is 4. The monoisotopic (exact) mass is 560 g/mol. The normalized spacial score (nSPS) is 11.9. The highest BCUT2D eigenvalue weighted by molar-refractivity contribution is 7.17. The van der Waals surface area contributed by atoms with E-state index in [1.165, 1.54) is 17.4 Å². The van der Waals surface area contributed by atoms with Crippen molar-refractivity contribution in [2.45, 2.75) is 13.1 Å². The summed E-state index contributed by atoms with van der Waals surface area (Å²) >= 11 is 1.42. The molecule has 0 aliphatic rings. The molecular formula is C35H23F3N2S. The zero-order chi connectivity index (χ0) is 28.1. The lowest BCUT2D eigenvalue weighted by Crippen LogP contribution is -2.05. The van der Waals surface area contributed by atoms with Crippen LogP contribution in [0.3, 0.4) is 0 Å². The maximum absolute atomic E-state index is 13.8. The molecule has 0 fully saturated rings. The van der Waals surface area contributed by atoms with Crippen molar-refractivity contribution in [3.05, 3.63) is 132 Å². The molecule has 0 aliphatic carbocycles. The molecule has 6 heteroatoms. The first-order valence-corrected chi connectivity index (χ1v) is 14.1.